The Hall–Kier alpha value is -2.13. The molecule has 0 aliphatic carbocycles. The van der Waals surface area contributed by atoms with E-state index in [1.54, 1.807) is 5.01 Å². The number of hydrogen-bond acceptors (Lipinski definition) is 2. The van der Waals surface area contributed by atoms with Crippen LogP contribution < -0.4 is 10.4 Å². The highest BCUT2D eigenvalue weighted by Crippen LogP contribution is 2.27. The minimum atomic E-state index is 0.0632. The normalized spacial score (nSPS) is 18.9. The number of nitrogens with one attached hydrogen (secondary N) is 1. The summed E-state index contributed by atoms with van der Waals surface area (Å²) < 4.78 is 0. The number of nitrogens with zero attached hydrogens (tertiary/aromatic N) is 1. The molecule has 1 aliphatic rings. The molecule has 1 aliphatic heterocycles. The second-order valence-electron chi connectivity index (χ2n) is 4.86. The molecular weight excluding hydrogens is 236 g/mol. The Kier molecular flexibility index (Phi) is 3.05. The van der Waals surface area contributed by atoms with Gasteiger partial charge in [0.1, 0.15) is 0 Å². The monoisotopic (exact) mass is 252 g/mol. The fourth-order valence-corrected chi connectivity index (χ4v) is 2.33. The van der Waals surface area contributed by atoms with E-state index in [1.807, 2.05) is 30.3 Å². The molecule has 2 aromatic rings. The summed E-state index contributed by atoms with van der Waals surface area (Å²) in [6, 6.07) is 18.1. The molecule has 1 heterocycles. The first kappa shape index (κ1) is 11.9. The van der Waals surface area contributed by atoms with Crippen LogP contribution in [0.15, 0.2) is 54.6 Å². The van der Waals surface area contributed by atoms with Crippen molar-refractivity contribution in [1.29, 1.82) is 0 Å². The smallest absolute Gasteiger partial charge is 0.243 e. The number of benzene rings is 2. The molecule has 96 valence electrons. The van der Waals surface area contributed by atoms with Crippen LogP contribution in [0.3, 0.4) is 0 Å². The molecule has 0 bridgehead atoms. The first-order chi connectivity index (χ1) is 9.24. The maximum Gasteiger partial charge on any atom is 0.243 e. The third kappa shape index (κ3) is 2.37. The summed E-state index contributed by atoms with van der Waals surface area (Å²) in [5.41, 5.74) is 6.55. The van der Waals surface area contributed by atoms with Crippen molar-refractivity contribution in [3.63, 3.8) is 0 Å². The number of amides is 1. The molecular formula is C16H16N2O. The molecule has 3 heteroatoms. The zero-order chi connectivity index (χ0) is 13.2. The SMILES string of the molecule is Cc1ccc(C2CC(=O)N(c3ccccc3)N2)cc1. The Morgan fingerprint density at radius 1 is 1.05 bits per heavy atom. The third-order valence-corrected chi connectivity index (χ3v) is 3.41. The van der Waals surface area contributed by atoms with E-state index in [4.69, 9.17) is 0 Å². The van der Waals surface area contributed by atoms with Crippen LogP contribution in [-0.2, 0) is 4.79 Å². The Balaban J connectivity index is 1.82. The number of para-hydroxylation sites is 1. The predicted octanol–water partition coefficient (Wildman–Crippen LogP) is 2.98. The van der Waals surface area contributed by atoms with Crippen LogP contribution in [0.25, 0.3) is 0 Å². The number of anilines is 1. The van der Waals surface area contributed by atoms with Crippen molar-refractivity contribution >= 4 is 11.6 Å². The van der Waals surface area contributed by atoms with Crippen molar-refractivity contribution < 1.29 is 4.79 Å². The molecule has 3 rings (SSSR count). The molecule has 1 unspecified atom stereocenters. The van der Waals surface area contributed by atoms with Crippen molar-refractivity contribution in [2.45, 2.75) is 19.4 Å². The summed E-state index contributed by atoms with van der Waals surface area (Å²) in [6.07, 6.45) is 0.498. The molecule has 2 aromatic carbocycles. The number of aryl methyl sites for hydroxylation is 1. The second-order valence-corrected chi connectivity index (χ2v) is 4.86. The van der Waals surface area contributed by atoms with Gasteiger partial charge >= 0.3 is 0 Å². The maximum atomic E-state index is 12.1. The van der Waals surface area contributed by atoms with Gasteiger partial charge in [0, 0.05) is 6.42 Å². The van der Waals surface area contributed by atoms with Gasteiger partial charge in [0.2, 0.25) is 5.91 Å². The first-order valence-corrected chi connectivity index (χ1v) is 6.45. The highest BCUT2D eigenvalue weighted by Gasteiger charge is 2.30. The highest BCUT2D eigenvalue weighted by molar-refractivity contribution is 5.95. The molecule has 0 saturated carbocycles. The Labute approximate surface area is 112 Å². The molecule has 0 spiro atoms. The molecule has 1 saturated heterocycles. The summed E-state index contributed by atoms with van der Waals surface area (Å²) in [5, 5.41) is 1.64. The first-order valence-electron chi connectivity index (χ1n) is 6.45. The standard InChI is InChI=1S/C16H16N2O/c1-12-7-9-13(10-8-12)15-11-16(19)18(17-15)14-5-3-2-4-6-14/h2-10,15,17H,11H2,1H3. The van der Waals surface area contributed by atoms with E-state index in [2.05, 4.69) is 36.6 Å². The lowest BCUT2D eigenvalue weighted by molar-refractivity contribution is -0.117. The molecule has 1 atom stereocenters. The van der Waals surface area contributed by atoms with Gasteiger partial charge in [0.25, 0.3) is 0 Å². The number of hydrogen-bond donors (Lipinski definition) is 1. The second kappa shape index (κ2) is 4.86. The van der Waals surface area contributed by atoms with E-state index in [0.717, 1.165) is 11.3 Å². The molecule has 0 radical (unpaired) electrons. The van der Waals surface area contributed by atoms with Gasteiger partial charge in [0.15, 0.2) is 0 Å². The van der Waals surface area contributed by atoms with Crippen molar-refractivity contribution in [2.24, 2.45) is 0 Å². The zero-order valence-electron chi connectivity index (χ0n) is 10.8. The molecule has 1 N–H and O–H groups in total. The number of carbonyl (C=O) groups is 1. The summed E-state index contributed by atoms with van der Waals surface area (Å²) in [4.78, 5) is 12.1. The third-order valence-electron chi connectivity index (χ3n) is 3.41. The minimum Gasteiger partial charge on any atom is -0.273 e. The highest BCUT2D eigenvalue weighted by atomic mass is 16.2. The fraction of sp³-hybridized carbons (Fsp3) is 0.188. The van der Waals surface area contributed by atoms with Gasteiger partial charge in [-0.05, 0) is 24.6 Å². The van der Waals surface area contributed by atoms with Crippen molar-refractivity contribution in [2.75, 3.05) is 5.01 Å². The van der Waals surface area contributed by atoms with Gasteiger partial charge in [-0.15, -0.1) is 0 Å². The van der Waals surface area contributed by atoms with Crippen LogP contribution in [0.5, 0.6) is 0 Å². The van der Waals surface area contributed by atoms with Gasteiger partial charge in [-0.1, -0.05) is 48.0 Å². The topological polar surface area (TPSA) is 32.3 Å². The lowest BCUT2D eigenvalue weighted by atomic mass is 10.0. The average Bonchev–Trinajstić information content (AvgIpc) is 2.83. The minimum absolute atomic E-state index is 0.0632. The van der Waals surface area contributed by atoms with E-state index in [1.165, 1.54) is 5.56 Å². The van der Waals surface area contributed by atoms with E-state index in [9.17, 15) is 4.79 Å². The van der Waals surface area contributed by atoms with Gasteiger partial charge in [0.05, 0.1) is 11.7 Å². The Morgan fingerprint density at radius 2 is 1.74 bits per heavy atom. The zero-order valence-corrected chi connectivity index (χ0v) is 10.8. The lowest BCUT2D eigenvalue weighted by Gasteiger charge is -2.18. The summed E-state index contributed by atoms with van der Waals surface area (Å²) in [7, 11) is 0. The Bertz CT molecular complexity index is 577. The predicted molar refractivity (Wildman–Crippen MR) is 75.6 cm³/mol. The van der Waals surface area contributed by atoms with E-state index >= 15 is 0 Å². The van der Waals surface area contributed by atoms with Crippen molar-refractivity contribution in [3.05, 3.63) is 65.7 Å². The van der Waals surface area contributed by atoms with E-state index in [-0.39, 0.29) is 11.9 Å². The molecule has 1 amide bonds. The fourth-order valence-electron chi connectivity index (χ4n) is 2.33. The summed E-state index contributed by atoms with van der Waals surface area (Å²) in [5.74, 6) is 0.108. The van der Waals surface area contributed by atoms with Crippen LogP contribution in [0, 0.1) is 6.92 Å². The van der Waals surface area contributed by atoms with Gasteiger partial charge in [-0.25, -0.2) is 10.4 Å². The summed E-state index contributed by atoms with van der Waals surface area (Å²) >= 11 is 0. The lowest BCUT2D eigenvalue weighted by Crippen LogP contribution is -2.34. The van der Waals surface area contributed by atoms with Gasteiger partial charge in [-0.3, -0.25) is 4.79 Å². The number of carbonyl (C=O) groups excluding carboxylic acids is 1. The van der Waals surface area contributed by atoms with Crippen LogP contribution >= 0.6 is 0 Å². The number of hydrazine groups is 1. The molecule has 0 aromatic heterocycles. The molecule has 1 fully saturated rings. The number of rotatable bonds is 2. The van der Waals surface area contributed by atoms with E-state index in [0.29, 0.717) is 6.42 Å². The maximum absolute atomic E-state index is 12.1. The van der Waals surface area contributed by atoms with Gasteiger partial charge in [-0.2, -0.15) is 0 Å². The average molecular weight is 252 g/mol. The van der Waals surface area contributed by atoms with Crippen molar-refractivity contribution in [1.82, 2.24) is 5.43 Å². The van der Waals surface area contributed by atoms with Crippen LogP contribution in [0.2, 0.25) is 0 Å². The molecule has 19 heavy (non-hydrogen) atoms. The van der Waals surface area contributed by atoms with Crippen LogP contribution in [0.4, 0.5) is 5.69 Å². The van der Waals surface area contributed by atoms with Crippen LogP contribution in [0.1, 0.15) is 23.6 Å². The van der Waals surface area contributed by atoms with Crippen molar-refractivity contribution in [3.8, 4) is 0 Å². The molecule has 3 nitrogen and oxygen atoms in total. The summed E-state index contributed by atoms with van der Waals surface area (Å²) in [6.45, 7) is 2.06. The largest absolute Gasteiger partial charge is 0.273 e. The van der Waals surface area contributed by atoms with Gasteiger partial charge < -0.3 is 0 Å². The van der Waals surface area contributed by atoms with E-state index < -0.39 is 0 Å². The quantitative estimate of drug-likeness (QED) is 0.891. The Morgan fingerprint density at radius 3 is 2.42 bits per heavy atom. The van der Waals surface area contributed by atoms with Crippen LogP contribution in [-0.4, -0.2) is 5.91 Å².